The zero-order valence-electron chi connectivity index (χ0n) is 16.5. The summed E-state index contributed by atoms with van der Waals surface area (Å²) >= 11 is 6.16. The topological polar surface area (TPSA) is 35.6 Å². The van der Waals surface area contributed by atoms with Crippen molar-refractivity contribution in [1.29, 1.82) is 0 Å². The number of amides is 1. The van der Waals surface area contributed by atoms with Gasteiger partial charge < -0.3 is 5.32 Å². The quantitative estimate of drug-likeness (QED) is 0.720. The van der Waals surface area contributed by atoms with Crippen LogP contribution in [0.4, 0.5) is 10.1 Å². The van der Waals surface area contributed by atoms with Gasteiger partial charge in [-0.2, -0.15) is 0 Å². The molecule has 0 radical (unpaired) electrons. The first-order valence-corrected chi connectivity index (χ1v) is 10.7. The SMILES string of the molecule is O=C(CN1CCC(N(Cc2cccc(Cl)c2)C2CC2)CC1)Nc1ccc(F)cc1. The maximum Gasteiger partial charge on any atom is 0.238 e. The highest BCUT2D eigenvalue weighted by Crippen LogP contribution is 2.33. The van der Waals surface area contributed by atoms with Crippen LogP contribution in [0.1, 0.15) is 31.2 Å². The van der Waals surface area contributed by atoms with Crippen molar-refractivity contribution in [1.82, 2.24) is 9.80 Å². The van der Waals surface area contributed by atoms with Gasteiger partial charge in [-0.25, -0.2) is 4.39 Å². The van der Waals surface area contributed by atoms with Gasteiger partial charge in [0.05, 0.1) is 6.54 Å². The Morgan fingerprint density at radius 2 is 1.76 bits per heavy atom. The first-order valence-electron chi connectivity index (χ1n) is 10.3. The third-order valence-corrected chi connectivity index (χ3v) is 6.03. The van der Waals surface area contributed by atoms with Gasteiger partial charge >= 0.3 is 0 Å². The van der Waals surface area contributed by atoms with Gasteiger partial charge in [0.2, 0.25) is 5.91 Å². The molecule has 1 amide bonds. The molecule has 2 aromatic carbocycles. The molecule has 1 aliphatic carbocycles. The Balaban J connectivity index is 1.27. The maximum atomic E-state index is 13.0. The van der Waals surface area contributed by atoms with Crippen molar-refractivity contribution >= 4 is 23.2 Å². The van der Waals surface area contributed by atoms with Crippen LogP contribution in [0.5, 0.6) is 0 Å². The molecule has 2 aliphatic rings. The van der Waals surface area contributed by atoms with Crippen molar-refractivity contribution in [2.24, 2.45) is 0 Å². The first kappa shape index (κ1) is 20.3. The van der Waals surface area contributed by atoms with Crippen molar-refractivity contribution in [3.63, 3.8) is 0 Å². The van der Waals surface area contributed by atoms with E-state index in [-0.39, 0.29) is 11.7 Å². The number of likely N-dealkylation sites (tertiary alicyclic amines) is 1. The minimum Gasteiger partial charge on any atom is -0.325 e. The van der Waals surface area contributed by atoms with E-state index in [9.17, 15) is 9.18 Å². The molecule has 2 aromatic rings. The molecule has 1 aliphatic heterocycles. The molecule has 154 valence electrons. The second-order valence-corrected chi connectivity index (χ2v) is 8.53. The number of hydrogen-bond donors (Lipinski definition) is 1. The lowest BCUT2D eigenvalue weighted by Gasteiger charge is -2.38. The highest BCUT2D eigenvalue weighted by Gasteiger charge is 2.35. The molecule has 1 saturated heterocycles. The lowest BCUT2D eigenvalue weighted by molar-refractivity contribution is -0.117. The predicted octanol–water partition coefficient (Wildman–Crippen LogP) is 4.55. The number of halogens is 2. The molecule has 2 fully saturated rings. The number of nitrogens with zero attached hydrogens (tertiary/aromatic N) is 2. The van der Waals surface area contributed by atoms with Crippen molar-refractivity contribution in [3.05, 3.63) is 64.9 Å². The summed E-state index contributed by atoms with van der Waals surface area (Å²) in [7, 11) is 0. The van der Waals surface area contributed by atoms with Crippen LogP contribution < -0.4 is 5.32 Å². The fourth-order valence-corrected chi connectivity index (χ4v) is 4.37. The van der Waals surface area contributed by atoms with E-state index in [1.807, 2.05) is 12.1 Å². The fraction of sp³-hybridized carbons (Fsp3) is 0.435. The van der Waals surface area contributed by atoms with Crippen molar-refractivity contribution in [3.8, 4) is 0 Å². The number of rotatable bonds is 7. The molecule has 0 atom stereocenters. The Morgan fingerprint density at radius 1 is 1.07 bits per heavy atom. The number of benzene rings is 2. The number of piperidine rings is 1. The van der Waals surface area contributed by atoms with E-state index in [0.29, 0.717) is 24.3 Å². The van der Waals surface area contributed by atoms with E-state index in [4.69, 9.17) is 11.6 Å². The van der Waals surface area contributed by atoms with Gasteiger partial charge in [-0.15, -0.1) is 0 Å². The normalized spacial score (nSPS) is 18.2. The van der Waals surface area contributed by atoms with Gasteiger partial charge in [0, 0.05) is 42.4 Å². The predicted molar refractivity (Wildman–Crippen MR) is 115 cm³/mol. The number of nitrogens with one attached hydrogen (secondary N) is 1. The second-order valence-electron chi connectivity index (χ2n) is 8.10. The Morgan fingerprint density at radius 3 is 2.41 bits per heavy atom. The molecule has 0 bridgehead atoms. The van der Waals surface area contributed by atoms with Crippen LogP contribution in [0.2, 0.25) is 5.02 Å². The molecular formula is C23H27ClFN3O. The highest BCUT2D eigenvalue weighted by atomic mass is 35.5. The smallest absolute Gasteiger partial charge is 0.238 e. The lowest BCUT2D eigenvalue weighted by atomic mass is 10.0. The minimum atomic E-state index is -0.303. The monoisotopic (exact) mass is 415 g/mol. The average molecular weight is 416 g/mol. The van der Waals surface area contributed by atoms with Gasteiger partial charge in [0.15, 0.2) is 0 Å². The van der Waals surface area contributed by atoms with Gasteiger partial charge in [0.25, 0.3) is 0 Å². The van der Waals surface area contributed by atoms with Crippen LogP contribution in [0.3, 0.4) is 0 Å². The third kappa shape index (κ3) is 5.78. The molecule has 4 rings (SSSR count). The van der Waals surface area contributed by atoms with E-state index >= 15 is 0 Å². The Kier molecular flexibility index (Phi) is 6.48. The Hall–Kier alpha value is -1.95. The summed E-state index contributed by atoms with van der Waals surface area (Å²) in [5.74, 6) is -0.351. The summed E-state index contributed by atoms with van der Waals surface area (Å²) in [6, 6.07) is 15.3. The molecule has 0 unspecified atom stereocenters. The van der Waals surface area contributed by atoms with E-state index in [2.05, 4.69) is 27.2 Å². The van der Waals surface area contributed by atoms with Crippen LogP contribution in [0.25, 0.3) is 0 Å². The number of hydrogen-bond acceptors (Lipinski definition) is 3. The second kappa shape index (κ2) is 9.24. The van der Waals surface area contributed by atoms with E-state index in [1.165, 1.54) is 30.5 Å². The zero-order chi connectivity index (χ0) is 20.2. The van der Waals surface area contributed by atoms with Gasteiger partial charge in [-0.3, -0.25) is 14.6 Å². The van der Waals surface area contributed by atoms with Crippen LogP contribution in [0.15, 0.2) is 48.5 Å². The van der Waals surface area contributed by atoms with Crippen LogP contribution in [-0.4, -0.2) is 47.4 Å². The molecule has 0 aromatic heterocycles. The highest BCUT2D eigenvalue weighted by molar-refractivity contribution is 6.30. The number of carbonyl (C=O) groups is 1. The molecule has 1 N–H and O–H groups in total. The Labute approximate surface area is 176 Å². The third-order valence-electron chi connectivity index (χ3n) is 5.79. The summed E-state index contributed by atoms with van der Waals surface area (Å²) in [6.45, 7) is 3.16. The lowest BCUT2D eigenvalue weighted by Crippen LogP contribution is -2.47. The van der Waals surface area contributed by atoms with Crippen LogP contribution >= 0.6 is 11.6 Å². The average Bonchev–Trinajstić information content (AvgIpc) is 3.54. The molecular weight excluding hydrogens is 389 g/mol. The summed E-state index contributed by atoms with van der Waals surface area (Å²) in [5.41, 5.74) is 1.90. The van der Waals surface area contributed by atoms with Gasteiger partial charge in [-0.1, -0.05) is 23.7 Å². The van der Waals surface area contributed by atoms with Crippen LogP contribution in [-0.2, 0) is 11.3 Å². The largest absolute Gasteiger partial charge is 0.325 e. The Bertz CT molecular complexity index is 832. The molecule has 6 heteroatoms. The van der Waals surface area contributed by atoms with Crippen molar-refractivity contribution in [2.45, 2.75) is 44.3 Å². The first-order chi connectivity index (χ1) is 14.1. The summed E-state index contributed by atoms with van der Waals surface area (Å²) in [4.78, 5) is 17.2. The fourth-order valence-electron chi connectivity index (χ4n) is 4.15. The number of anilines is 1. The molecule has 1 heterocycles. The zero-order valence-corrected chi connectivity index (χ0v) is 17.2. The van der Waals surface area contributed by atoms with E-state index in [1.54, 1.807) is 12.1 Å². The standard InChI is InChI=1S/C23H27ClFN3O/c24-18-3-1-2-17(14-18)15-28(21-8-9-21)22-10-12-27(13-11-22)16-23(29)26-20-6-4-19(25)5-7-20/h1-7,14,21-22H,8-13,15-16H2,(H,26,29). The minimum absolute atomic E-state index is 0.0481. The van der Waals surface area contributed by atoms with E-state index in [0.717, 1.165) is 37.5 Å². The van der Waals surface area contributed by atoms with Crippen molar-refractivity contribution in [2.75, 3.05) is 25.0 Å². The van der Waals surface area contributed by atoms with Gasteiger partial charge in [-0.05, 0) is 67.6 Å². The summed E-state index contributed by atoms with van der Waals surface area (Å²) < 4.78 is 13.0. The summed E-state index contributed by atoms with van der Waals surface area (Å²) in [6.07, 6.45) is 4.70. The van der Waals surface area contributed by atoms with Crippen molar-refractivity contribution < 1.29 is 9.18 Å². The maximum absolute atomic E-state index is 13.0. The van der Waals surface area contributed by atoms with Gasteiger partial charge in [0.1, 0.15) is 5.82 Å². The van der Waals surface area contributed by atoms with Crippen LogP contribution in [0, 0.1) is 5.82 Å². The molecule has 4 nitrogen and oxygen atoms in total. The van der Waals surface area contributed by atoms with E-state index < -0.39 is 0 Å². The molecule has 29 heavy (non-hydrogen) atoms. The number of carbonyl (C=O) groups excluding carboxylic acids is 1. The molecule has 1 saturated carbocycles. The summed E-state index contributed by atoms with van der Waals surface area (Å²) in [5, 5.41) is 3.64. The molecule has 0 spiro atoms.